The molecular weight excluding hydrogens is 397 g/mol. The number of carbonyl (C=O) groups is 1. The van der Waals surface area contributed by atoms with Crippen LogP contribution in [0.4, 0.5) is 10.1 Å². The van der Waals surface area contributed by atoms with Gasteiger partial charge in [0, 0.05) is 30.4 Å². The second-order valence-corrected chi connectivity index (χ2v) is 6.44. The third kappa shape index (κ3) is 6.98. The van der Waals surface area contributed by atoms with Crippen molar-refractivity contribution in [3.8, 4) is 23.3 Å². The van der Waals surface area contributed by atoms with Gasteiger partial charge >= 0.3 is 0 Å². The van der Waals surface area contributed by atoms with E-state index in [1.165, 1.54) is 30.5 Å². The maximum absolute atomic E-state index is 14.3. The molecule has 31 heavy (non-hydrogen) atoms. The summed E-state index contributed by atoms with van der Waals surface area (Å²) in [6.07, 6.45) is 6.98. The van der Waals surface area contributed by atoms with Crippen LogP contribution in [0.3, 0.4) is 0 Å². The van der Waals surface area contributed by atoms with Gasteiger partial charge < -0.3 is 14.8 Å². The molecule has 3 rings (SSSR count). The molecule has 0 aliphatic rings. The molecule has 156 valence electrons. The first-order valence-electron chi connectivity index (χ1n) is 9.60. The van der Waals surface area contributed by atoms with Crippen LogP contribution in [0.5, 0.6) is 17.2 Å². The van der Waals surface area contributed by atoms with Crippen LogP contribution in [0, 0.1) is 17.1 Å². The van der Waals surface area contributed by atoms with Crippen LogP contribution in [0.2, 0.25) is 0 Å². The number of halogens is 1. The second kappa shape index (κ2) is 11.1. The van der Waals surface area contributed by atoms with Gasteiger partial charge in [0.1, 0.15) is 11.5 Å². The van der Waals surface area contributed by atoms with Crippen LogP contribution in [0.1, 0.15) is 18.4 Å². The molecule has 1 aromatic heterocycles. The van der Waals surface area contributed by atoms with E-state index in [0.717, 1.165) is 0 Å². The lowest BCUT2D eigenvalue weighted by Gasteiger charge is -2.08. The molecule has 1 N–H and O–H groups in total. The summed E-state index contributed by atoms with van der Waals surface area (Å²) in [5, 5.41) is 11.3. The zero-order valence-corrected chi connectivity index (χ0v) is 16.6. The van der Waals surface area contributed by atoms with Crippen molar-refractivity contribution in [3.05, 3.63) is 84.4 Å². The van der Waals surface area contributed by atoms with E-state index in [1.807, 2.05) is 0 Å². The van der Waals surface area contributed by atoms with E-state index in [2.05, 4.69) is 16.4 Å². The third-order valence-corrected chi connectivity index (χ3v) is 4.05. The van der Waals surface area contributed by atoms with E-state index >= 15 is 0 Å². The van der Waals surface area contributed by atoms with Gasteiger partial charge in [-0.2, -0.15) is 5.26 Å². The minimum Gasteiger partial charge on any atom is -0.493 e. The highest BCUT2D eigenvalue weighted by Gasteiger charge is 2.06. The third-order valence-electron chi connectivity index (χ3n) is 4.05. The number of amides is 1. The highest BCUT2D eigenvalue weighted by atomic mass is 19.1. The monoisotopic (exact) mass is 417 g/mol. The average molecular weight is 417 g/mol. The van der Waals surface area contributed by atoms with Crippen molar-refractivity contribution in [2.24, 2.45) is 0 Å². The lowest BCUT2D eigenvalue weighted by atomic mass is 10.2. The Bertz CT molecular complexity index is 1090. The Kier molecular flexibility index (Phi) is 7.72. The molecule has 0 unspecified atom stereocenters. The number of rotatable bonds is 9. The topological polar surface area (TPSA) is 84.2 Å². The van der Waals surface area contributed by atoms with Crippen molar-refractivity contribution in [2.45, 2.75) is 12.8 Å². The van der Waals surface area contributed by atoms with Gasteiger partial charge in [0.05, 0.1) is 18.9 Å². The minimum atomic E-state index is -0.548. The Hall–Kier alpha value is -4.18. The van der Waals surface area contributed by atoms with Crippen molar-refractivity contribution in [2.75, 3.05) is 11.9 Å². The van der Waals surface area contributed by atoms with E-state index in [4.69, 9.17) is 14.7 Å². The van der Waals surface area contributed by atoms with E-state index in [-0.39, 0.29) is 11.7 Å². The van der Waals surface area contributed by atoms with E-state index in [9.17, 15) is 9.18 Å². The Labute approximate surface area is 179 Å². The number of nitrogens with zero attached hydrogens (tertiary/aromatic N) is 2. The molecule has 1 amide bonds. The summed E-state index contributed by atoms with van der Waals surface area (Å²) in [7, 11) is 0. The number of carbonyl (C=O) groups excluding carboxylic acids is 1. The van der Waals surface area contributed by atoms with Crippen LogP contribution < -0.4 is 14.8 Å². The fraction of sp³-hybridized carbons (Fsp3) is 0.125. The molecule has 0 fully saturated rings. The number of aromatic nitrogens is 1. The molecule has 6 nitrogen and oxygen atoms in total. The predicted octanol–water partition coefficient (Wildman–Crippen LogP) is 5.35. The van der Waals surface area contributed by atoms with Gasteiger partial charge in [0.2, 0.25) is 5.91 Å². The molecule has 0 spiro atoms. The Balaban J connectivity index is 1.56. The molecule has 0 bridgehead atoms. The summed E-state index contributed by atoms with van der Waals surface area (Å²) in [6, 6.07) is 16.8. The van der Waals surface area contributed by atoms with Gasteiger partial charge in [-0.1, -0.05) is 12.1 Å². The lowest BCUT2D eigenvalue weighted by molar-refractivity contribution is -0.111. The number of benzene rings is 2. The number of hydrogen-bond donors (Lipinski definition) is 1. The molecule has 3 aromatic rings. The summed E-state index contributed by atoms with van der Waals surface area (Å²) in [5.41, 5.74) is 1.08. The van der Waals surface area contributed by atoms with Gasteiger partial charge in [0.15, 0.2) is 11.6 Å². The zero-order chi connectivity index (χ0) is 21.9. The van der Waals surface area contributed by atoms with Gasteiger partial charge in [0.25, 0.3) is 0 Å². The summed E-state index contributed by atoms with van der Waals surface area (Å²) in [6.45, 7) is 0.428. The first-order chi connectivity index (χ1) is 15.1. The first kappa shape index (κ1) is 21.5. The van der Waals surface area contributed by atoms with Crippen molar-refractivity contribution in [1.82, 2.24) is 4.98 Å². The van der Waals surface area contributed by atoms with E-state index < -0.39 is 5.82 Å². The van der Waals surface area contributed by atoms with Crippen molar-refractivity contribution in [1.29, 1.82) is 5.26 Å². The van der Waals surface area contributed by atoms with Gasteiger partial charge in [-0.25, -0.2) is 4.39 Å². The smallest absolute Gasteiger partial charge is 0.248 e. The van der Waals surface area contributed by atoms with Gasteiger partial charge in [-0.15, -0.1) is 0 Å². The molecule has 0 saturated heterocycles. The fourth-order valence-corrected chi connectivity index (χ4v) is 2.60. The number of nitrogens with one attached hydrogen (secondary N) is 1. The molecule has 0 atom stereocenters. The van der Waals surface area contributed by atoms with Crippen molar-refractivity contribution >= 4 is 17.7 Å². The quantitative estimate of drug-likeness (QED) is 0.375. The normalized spacial score (nSPS) is 10.5. The molecule has 1 heterocycles. The summed E-state index contributed by atoms with van der Waals surface area (Å²) in [5.74, 6) is 0.193. The number of pyridine rings is 1. The molecule has 0 saturated carbocycles. The number of anilines is 1. The number of unbranched alkanes of at least 4 members (excludes halogenated alkanes) is 1. The zero-order valence-electron chi connectivity index (χ0n) is 16.6. The maximum Gasteiger partial charge on any atom is 0.248 e. The average Bonchev–Trinajstić information content (AvgIpc) is 2.78. The minimum absolute atomic E-state index is 0.0705. The second-order valence-electron chi connectivity index (χ2n) is 6.44. The van der Waals surface area contributed by atoms with Gasteiger partial charge in [-0.05, 0) is 54.5 Å². The van der Waals surface area contributed by atoms with Crippen molar-refractivity contribution in [3.63, 3.8) is 0 Å². The van der Waals surface area contributed by atoms with Crippen LogP contribution in [0.15, 0.2) is 73.1 Å². The van der Waals surface area contributed by atoms with Crippen LogP contribution in [-0.2, 0) is 4.79 Å². The first-order valence-corrected chi connectivity index (χ1v) is 9.60. The molecule has 7 heteroatoms. The van der Waals surface area contributed by atoms with Gasteiger partial charge in [-0.3, -0.25) is 9.78 Å². The highest BCUT2D eigenvalue weighted by Crippen LogP contribution is 2.25. The summed E-state index contributed by atoms with van der Waals surface area (Å²) >= 11 is 0. The largest absolute Gasteiger partial charge is 0.493 e. The maximum atomic E-state index is 14.3. The lowest BCUT2D eigenvalue weighted by Crippen LogP contribution is -2.08. The molecule has 0 aliphatic carbocycles. The molecule has 0 aliphatic heterocycles. The number of hydrogen-bond acceptors (Lipinski definition) is 5. The molecule has 2 aromatic carbocycles. The highest BCUT2D eigenvalue weighted by molar-refractivity contribution is 6.02. The summed E-state index contributed by atoms with van der Waals surface area (Å²) in [4.78, 5) is 16.1. The van der Waals surface area contributed by atoms with Crippen molar-refractivity contribution < 1.29 is 18.7 Å². The molecular formula is C24H20FN3O3. The van der Waals surface area contributed by atoms with Crippen LogP contribution in [-0.4, -0.2) is 17.5 Å². The Morgan fingerprint density at radius 3 is 2.81 bits per heavy atom. The van der Waals surface area contributed by atoms with Crippen LogP contribution >= 0.6 is 0 Å². The van der Waals surface area contributed by atoms with E-state index in [1.54, 1.807) is 48.7 Å². The fourth-order valence-electron chi connectivity index (χ4n) is 2.60. The SMILES string of the molecule is N#CCCCOc1cccc(NC(=O)/C=C/c2ccc(Oc3cccnc3)c(F)c2)c1. The predicted molar refractivity (Wildman–Crippen MR) is 115 cm³/mol. The number of ether oxygens (including phenoxy) is 2. The Morgan fingerprint density at radius 1 is 1.16 bits per heavy atom. The summed E-state index contributed by atoms with van der Waals surface area (Å²) < 4.78 is 25.3. The number of nitriles is 1. The van der Waals surface area contributed by atoms with E-state index in [0.29, 0.717) is 42.2 Å². The Morgan fingerprint density at radius 2 is 2.03 bits per heavy atom. The van der Waals surface area contributed by atoms with Crippen LogP contribution in [0.25, 0.3) is 6.08 Å². The standard InChI is InChI=1S/C24H20FN3O3/c25-22-15-18(8-10-23(22)31-21-7-4-13-27-17-21)9-11-24(29)28-19-5-3-6-20(16-19)30-14-2-1-12-26/h3-11,13,15-17H,1-2,14H2,(H,28,29)/b11-9+. The molecule has 0 radical (unpaired) electrons.